The van der Waals surface area contributed by atoms with Gasteiger partial charge in [0.15, 0.2) is 0 Å². The Balaban J connectivity index is 2.49. The fraction of sp³-hybridized carbons (Fsp3) is 0.667. The van der Waals surface area contributed by atoms with Crippen LogP contribution < -0.4 is 0 Å². The largest absolute Gasteiger partial charge is 0.394 e. The van der Waals surface area contributed by atoms with Gasteiger partial charge in [0.2, 0.25) is 6.54 Å². The minimum Gasteiger partial charge on any atom is -0.394 e. The van der Waals surface area contributed by atoms with Crippen LogP contribution in [0.3, 0.4) is 0 Å². The molecule has 2 atom stereocenters. The van der Waals surface area contributed by atoms with Gasteiger partial charge in [0.1, 0.15) is 23.7 Å². The van der Waals surface area contributed by atoms with Crippen LogP contribution in [-0.4, -0.2) is 41.3 Å². The van der Waals surface area contributed by atoms with Gasteiger partial charge in [-0.2, -0.15) is 0 Å². The first-order chi connectivity index (χ1) is 5.69. The van der Waals surface area contributed by atoms with E-state index in [2.05, 4.69) is 0 Å². The highest BCUT2D eigenvalue weighted by Gasteiger charge is 2.43. The van der Waals surface area contributed by atoms with Crippen molar-refractivity contribution in [2.75, 3.05) is 13.2 Å². The average molecular weight is 173 g/mol. The molecular formula is C6H7NO5. The lowest BCUT2D eigenvalue weighted by molar-refractivity contribution is -0.471. The highest BCUT2D eigenvalue weighted by molar-refractivity contribution is 5.55. The molecule has 0 saturated carbocycles. The van der Waals surface area contributed by atoms with Gasteiger partial charge in [-0.1, -0.05) is 0 Å². The maximum Gasteiger partial charge on any atom is 0.238 e. The number of hydrogen-bond acceptors (Lipinski definition) is 5. The molecule has 1 rings (SSSR count). The molecule has 1 N–H and O–H groups in total. The van der Waals surface area contributed by atoms with E-state index in [1.54, 1.807) is 0 Å². The van der Waals surface area contributed by atoms with Gasteiger partial charge in [0, 0.05) is 4.92 Å². The number of aliphatic hydroxyl groups excluding tert-OH is 1. The fourth-order valence-electron chi connectivity index (χ4n) is 0.908. The summed E-state index contributed by atoms with van der Waals surface area (Å²) in [5.41, 5.74) is -0.0425. The van der Waals surface area contributed by atoms with Gasteiger partial charge < -0.3 is 9.84 Å². The smallest absolute Gasteiger partial charge is 0.238 e. The van der Waals surface area contributed by atoms with Crippen molar-refractivity contribution >= 4 is 5.94 Å². The summed E-state index contributed by atoms with van der Waals surface area (Å²) in [4.78, 5) is 19.5. The monoisotopic (exact) mass is 173 g/mol. The second-order valence-electron chi connectivity index (χ2n) is 2.40. The molecule has 66 valence electrons. The topological polar surface area (TPSA) is 93.0 Å². The Bertz CT molecular complexity index is 244. The zero-order chi connectivity index (χ0) is 9.14. The Morgan fingerprint density at radius 3 is 2.75 bits per heavy atom. The normalized spacial score (nSPS) is 26.1. The van der Waals surface area contributed by atoms with E-state index in [0.717, 1.165) is 0 Å². The third kappa shape index (κ3) is 1.88. The van der Waals surface area contributed by atoms with Crippen molar-refractivity contribution in [1.82, 2.24) is 0 Å². The van der Waals surface area contributed by atoms with Crippen molar-refractivity contribution < 1.29 is 19.6 Å². The molecule has 2 unspecified atom stereocenters. The van der Waals surface area contributed by atoms with E-state index >= 15 is 0 Å². The van der Waals surface area contributed by atoms with E-state index in [9.17, 15) is 14.9 Å². The maximum absolute atomic E-state index is 10.2. The summed E-state index contributed by atoms with van der Waals surface area (Å²) in [6, 6.07) is 0. The zero-order valence-corrected chi connectivity index (χ0v) is 6.10. The Morgan fingerprint density at radius 1 is 1.75 bits per heavy atom. The number of nitrogens with zero attached hydrogens (tertiary/aromatic N) is 1. The molecule has 12 heavy (non-hydrogen) atoms. The summed E-state index contributed by atoms with van der Waals surface area (Å²) in [6.07, 6.45) is -1.06. The van der Waals surface area contributed by atoms with Crippen molar-refractivity contribution in [2.45, 2.75) is 12.2 Å². The summed E-state index contributed by atoms with van der Waals surface area (Å²) in [5, 5.41) is 18.5. The number of rotatable bonds is 4. The van der Waals surface area contributed by atoms with Crippen LogP contribution in [0.25, 0.3) is 0 Å². The molecular weight excluding hydrogens is 166 g/mol. The molecule has 0 aromatic rings. The molecule has 0 amide bonds. The van der Waals surface area contributed by atoms with Crippen molar-refractivity contribution in [3.63, 3.8) is 0 Å². The second-order valence-corrected chi connectivity index (χ2v) is 2.40. The molecule has 1 heterocycles. The first-order valence-corrected chi connectivity index (χ1v) is 3.31. The van der Waals surface area contributed by atoms with Crippen LogP contribution in [-0.2, 0) is 9.53 Å². The fourth-order valence-corrected chi connectivity index (χ4v) is 0.908. The van der Waals surface area contributed by atoms with E-state index < -0.39 is 23.7 Å². The van der Waals surface area contributed by atoms with Gasteiger partial charge in [-0.25, -0.2) is 4.79 Å². The summed E-state index contributed by atoms with van der Waals surface area (Å²) < 4.78 is 4.77. The predicted octanol–water partition coefficient (Wildman–Crippen LogP) is -1.22. The average Bonchev–Trinajstić information content (AvgIpc) is 2.78. The van der Waals surface area contributed by atoms with Crippen LogP contribution in [0, 0.1) is 10.1 Å². The number of ether oxygens (including phenoxy) is 1. The standard InChI is InChI=1S/C6H7NO5/c8-2-4(1-7(10)11)6-5(3-9)12-6/h5-6,9H,1,3H2. The van der Waals surface area contributed by atoms with Gasteiger partial charge in [-0.05, 0) is 0 Å². The minimum absolute atomic E-state index is 0.0425. The van der Waals surface area contributed by atoms with Crippen molar-refractivity contribution in [3.05, 3.63) is 15.7 Å². The molecule has 1 fully saturated rings. The lowest BCUT2D eigenvalue weighted by Gasteiger charge is -1.90. The molecule has 0 aromatic carbocycles. The number of hydrogen-bond donors (Lipinski definition) is 1. The molecule has 1 aliphatic heterocycles. The van der Waals surface area contributed by atoms with Crippen LogP contribution in [0.1, 0.15) is 0 Å². The lowest BCUT2D eigenvalue weighted by atomic mass is 10.2. The van der Waals surface area contributed by atoms with Crippen molar-refractivity contribution in [1.29, 1.82) is 0 Å². The van der Waals surface area contributed by atoms with Crippen LogP contribution in [0.2, 0.25) is 0 Å². The summed E-state index contributed by atoms with van der Waals surface area (Å²) in [6.45, 7) is -0.793. The lowest BCUT2D eigenvalue weighted by Crippen LogP contribution is -2.12. The van der Waals surface area contributed by atoms with Gasteiger partial charge in [0.25, 0.3) is 0 Å². The summed E-state index contributed by atoms with van der Waals surface area (Å²) >= 11 is 0. The van der Waals surface area contributed by atoms with E-state index in [-0.39, 0.29) is 12.2 Å². The Hall–Kier alpha value is -1.23. The SMILES string of the molecule is O=C=C(C[N+](=O)[O-])C1OC1CO. The first-order valence-electron chi connectivity index (χ1n) is 3.31. The zero-order valence-electron chi connectivity index (χ0n) is 6.10. The van der Waals surface area contributed by atoms with Crippen LogP contribution in [0.15, 0.2) is 5.57 Å². The summed E-state index contributed by atoms with van der Waals surface area (Å²) in [7, 11) is 0. The number of epoxide rings is 1. The minimum atomic E-state index is -0.629. The molecule has 0 aromatic heterocycles. The quantitative estimate of drug-likeness (QED) is 0.249. The maximum atomic E-state index is 10.2. The third-order valence-electron chi connectivity index (χ3n) is 1.54. The Kier molecular flexibility index (Phi) is 2.54. The molecule has 0 bridgehead atoms. The van der Waals surface area contributed by atoms with Gasteiger partial charge in [-0.15, -0.1) is 0 Å². The molecule has 1 saturated heterocycles. The Morgan fingerprint density at radius 2 is 2.42 bits per heavy atom. The van der Waals surface area contributed by atoms with Gasteiger partial charge in [-0.3, -0.25) is 10.1 Å². The molecule has 0 radical (unpaired) electrons. The molecule has 1 aliphatic rings. The number of nitro groups is 1. The number of aliphatic hydroxyl groups is 1. The van der Waals surface area contributed by atoms with E-state index in [1.165, 1.54) is 5.94 Å². The molecule has 0 spiro atoms. The highest BCUT2D eigenvalue weighted by atomic mass is 16.6. The van der Waals surface area contributed by atoms with Crippen molar-refractivity contribution in [3.8, 4) is 0 Å². The molecule has 0 aliphatic carbocycles. The van der Waals surface area contributed by atoms with Crippen LogP contribution in [0.5, 0.6) is 0 Å². The predicted molar refractivity (Wildman–Crippen MR) is 36.8 cm³/mol. The van der Waals surface area contributed by atoms with Crippen LogP contribution in [0.4, 0.5) is 0 Å². The molecule has 6 heteroatoms. The van der Waals surface area contributed by atoms with Gasteiger partial charge >= 0.3 is 0 Å². The van der Waals surface area contributed by atoms with Crippen molar-refractivity contribution in [2.24, 2.45) is 0 Å². The van der Waals surface area contributed by atoms with Gasteiger partial charge in [0.05, 0.1) is 6.61 Å². The molecule has 6 nitrogen and oxygen atoms in total. The third-order valence-corrected chi connectivity index (χ3v) is 1.54. The van der Waals surface area contributed by atoms with E-state index in [4.69, 9.17) is 9.84 Å². The second kappa shape index (κ2) is 3.44. The van der Waals surface area contributed by atoms with E-state index in [1.807, 2.05) is 0 Å². The summed E-state index contributed by atoms with van der Waals surface area (Å²) in [5.74, 6) is 1.45. The highest BCUT2D eigenvalue weighted by Crippen LogP contribution is 2.27. The number of carbonyl (C=O) groups excluding carboxylic acids is 1. The van der Waals surface area contributed by atoms with Crippen LogP contribution >= 0.6 is 0 Å². The van der Waals surface area contributed by atoms with E-state index in [0.29, 0.717) is 0 Å². The Labute approximate surface area is 67.6 Å². The first kappa shape index (κ1) is 8.86.